The van der Waals surface area contributed by atoms with E-state index in [0.29, 0.717) is 24.6 Å². The number of aromatic nitrogens is 3. The lowest BCUT2D eigenvalue weighted by atomic mass is 10.0. The van der Waals surface area contributed by atoms with Gasteiger partial charge in [-0.05, 0) is 24.1 Å². The van der Waals surface area contributed by atoms with E-state index in [4.69, 9.17) is 5.73 Å². The van der Waals surface area contributed by atoms with E-state index in [1.165, 1.54) is 11.9 Å². The van der Waals surface area contributed by atoms with E-state index < -0.39 is 0 Å². The first-order valence-electron chi connectivity index (χ1n) is 8.08. The Morgan fingerprint density at radius 3 is 3.04 bits per heavy atom. The van der Waals surface area contributed by atoms with Gasteiger partial charge in [-0.25, -0.2) is 9.97 Å². The number of amides is 1. The molecule has 0 saturated heterocycles. The summed E-state index contributed by atoms with van der Waals surface area (Å²) in [5.74, 6) is 0.552. The molecule has 1 aliphatic rings. The number of H-pyrrole nitrogens is 1. The number of nitrogen functional groups attached to an aromatic ring is 1. The maximum absolute atomic E-state index is 12.9. The molecule has 0 saturated carbocycles. The highest BCUT2D eigenvalue weighted by Gasteiger charge is 2.27. The minimum absolute atomic E-state index is 0.0263. The largest absolute Gasteiger partial charge is 0.383 e. The minimum atomic E-state index is 0.0263. The summed E-state index contributed by atoms with van der Waals surface area (Å²) in [5, 5.41) is 2.01. The van der Waals surface area contributed by atoms with Gasteiger partial charge in [0.25, 0.3) is 5.91 Å². The zero-order chi connectivity index (χ0) is 17.0. The van der Waals surface area contributed by atoms with Crippen LogP contribution in [0.1, 0.15) is 20.9 Å². The highest BCUT2D eigenvalue weighted by Crippen LogP contribution is 2.36. The average molecular weight is 349 g/mol. The lowest BCUT2D eigenvalue weighted by Gasteiger charge is -2.26. The molecule has 4 heterocycles. The zero-order valence-electron chi connectivity index (χ0n) is 13.3. The molecule has 25 heavy (non-hydrogen) atoms. The maximum atomic E-state index is 12.9. The van der Waals surface area contributed by atoms with E-state index in [2.05, 4.69) is 15.0 Å². The van der Waals surface area contributed by atoms with Crippen LogP contribution in [0.3, 0.4) is 0 Å². The molecule has 0 fully saturated rings. The fourth-order valence-corrected chi connectivity index (χ4v) is 4.70. The molecule has 1 aromatic carbocycles. The van der Waals surface area contributed by atoms with Crippen molar-refractivity contribution < 1.29 is 4.79 Å². The fourth-order valence-electron chi connectivity index (χ4n) is 3.48. The second-order valence-electron chi connectivity index (χ2n) is 6.19. The predicted octanol–water partition coefficient (Wildman–Crippen LogP) is 2.95. The molecule has 4 aromatic rings. The van der Waals surface area contributed by atoms with Crippen molar-refractivity contribution >= 4 is 44.2 Å². The van der Waals surface area contributed by atoms with Crippen LogP contribution in [0, 0.1) is 0 Å². The van der Waals surface area contributed by atoms with Crippen LogP contribution in [0.2, 0.25) is 0 Å². The van der Waals surface area contributed by atoms with Gasteiger partial charge in [-0.2, -0.15) is 0 Å². The molecule has 0 unspecified atom stereocenters. The maximum Gasteiger partial charge on any atom is 0.270 e. The van der Waals surface area contributed by atoms with E-state index >= 15 is 0 Å². The summed E-state index contributed by atoms with van der Waals surface area (Å²) in [5.41, 5.74) is 8.83. The molecule has 3 N–H and O–H groups in total. The summed E-state index contributed by atoms with van der Waals surface area (Å²) < 4.78 is 0. The summed E-state index contributed by atoms with van der Waals surface area (Å²) in [6, 6.07) is 9.84. The van der Waals surface area contributed by atoms with Crippen LogP contribution in [0.4, 0.5) is 5.82 Å². The summed E-state index contributed by atoms with van der Waals surface area (Å²) >= 11 is 1.60. The Balaban J connectivity index is 1.49. The van der Waals surface area contributed by atoms with Crippen molar-refractivity contribution in [2.24, 2.45) is 0 Å². The van der Waals surface area contributed by atoms with Crippen molar-refractivity contribution in [1.29, 1.82) is 0 Å². The third-order valence-corrected chi connectivity index (χ3v) is 5.84. The van der Waals surface area contributed by atoms with Crippen molar-refractivity contribution in [1.82, 2.24) is 19.9 Å². The number of fused-ring (bicyclic) bond motifs is 4. The second kappa shape index (κ2) is 5.29. The van der Waals surface area contributed by atoms with Crippen LogP contribution in [0.5, 0.6) is 0 Å². The topological polar surface area (TPSA) is 87.9 Å². The van der Waals surface area contributed by atoms with Gasteiger partial charge >= 0.3 is 0 Å². The Hall–Kier alpha value is -2.93. The van der Waals surface area contributed by atoms with Crippen molar-refractivity contribution in [2.75, 3.05) is 12.3 Å². The van der Waals surface area contributed by atoms with Gasteiger partial charge in [0.15, 0.2) is 0 Å². The van der Waals surface area contributed by atoms with Gasteiger partial charge in [-0.15, -0.1) is 11.3 Å². The second-order valence-corrected chi connectivity index (χ2v) is 7.27. The number of anilines is 1. The summed E-state index contributed by atoms with van der Waals surface area (Å²) in [4.78, 5) is 28.5. The van der Waals surface area contributed by atoms with Gasteiger partial charge in [-0.1, -0.05) is 18.2 Å². The highest BCUT2D eigenvalue weighted by molar-refractivity contribution is 7.19. The Bertz CT molecular complexity index is 1100. The number of thiophene rings is 1. The van der Waals surface area contributed by atoms with E-state index in [1.807, 2.05) is 35.2 Å². The molecule has 0 radical (unpaired) electrons. The average Bonchev–Trinajstić information content (AvgIpc) is 3.22. The number of carbonyl (C=O) groups excluding carboxylic acids is 1. The van der Waals surface area contributed by atoms with Crippen molar-refractivity contribution in [3.8, 4) is 0 Å². The quantitative estimate of drug-likeness (QED) is 0.553. The molecule has 5 rings (SSSR count). The predicted molar refractivity (Wildman–Crippen MR) is 98.6 cm³/mol. The number of rotatable bonds is 1. The number of para-hydroxylation sites is 1. The number of carbonyl (C=O) groups is 1. The minimum Gasteiger partial charge on any atom is -0.383 e. The number of nitrogens with zero attached hydrogens (tertiary/aromatic N) is 3. The van der Waals surface area contributed by atoms with Crippen LogP contribution >= 0.6 is 11.3 Å². The van der Waals surface area contributed by atoms with Gasteiger partial charge in [-0.3, -0.25) is 4.79 Å². The summed E-state index contributed by atoms with van der Waals surface area (Å²) in [6.07, 6.45) is 2.27. The van der Waals surface area contributed by atoms with Gasteiger partial charge in [0.05, 0.1) is 11.9 Å². The lowest BCUT2D eigenvalue weighted by molar-refractivity contribution is 0.0732. The molecule has 3 aromatic heterocycles. The van der Waals surface area contributed by atoms with E-state index in [-0.39, 0.29) is 5.91 Å². The van der Waals surface area contributed by atoms with Gasteiger partial charge in [0.2, 0.25) is 0 Å². The first-order chi connectivity index (χ1) is 12.2. The number of nitrogens with one attached hydrogen (secondary N) is 1. The van der Waals surface area contributed by atoms with E-state index in [0.717, 1.165) is 32.4 Å². The molecular formula is C18H15N5OS. The fraction of sp³-hybridized carbons (Fsp3) is 0.167. The molecule has 0 bridgehead atoms. The third-order valence-electron chi connectivity index (χ3n) is 4.71. The van der Waals surface area contributed by atoms with Gasteiger partial charge in [0, 0.05) is 22.3 Å². The Labute approximate surface area is 147 Å². The van der Waals surface area contributed by atoms with Crippen LogP contribution in [0.15, 0.2) is 36.7 Å². The molecule has 7 heteroatoms. The Kier molecular flexibility index (Phi) is 3.05. The van der Waals surface area contributed by atoms with Crippen LogP contribution in [0.25, 0.3) is 21.1 Å². The smallest absolute Gasteiger partial charge is 0.270 e. The Morgan fingerprint density at radius 1 is 1.28 bits per heavy atom. The molecule has 0 aliphatic carbocycles. The summed E-state index contributed by atoms with van der Waals surface area (Å²) in [6.45, 7) is 1.26. The lowest BCUT2D eigenvalue weighted by Crippen LogP contribution is -2.35. The molecule has 1 amide bonds. The van der Waals surface area contributed by atoms with E-state index in [1.54, 1.807) is 11.3 Å². The molecular weight excluding hydrogens is 334 g/mol. The van der Waals surface area contributed by atoms with Crippen molar-refractivity contribution in [3.05, 3.63) is 52.8 Å². The number of hydrogen-bond donors (Lipinski definition) is 2. The summed E-state index contributed by atoms with van der Waals surface area (Å²) in [7, 11) is 0. The molecule has 0 atom stereocenters. The monoisotopic (exact) mass is 349 g/mol. The molecule has 124 valence electrons. The van der Waals surface area contributed by atoms with Gasteiger partial charge in [0.1, 0.15) is 22.7 Å². The first-order valence-corrected chi connectivity index (χ1v) is 8.90. The standard InChI is InChI=1S/C18H15N5OS/c19-16-15-11-5-6-23(8-14(11)25-17(15)21-9-20-16)18(24)13-7-10-3-1-2-4-12(10)22-13/h1-4,7,9,22H,5-6,8H2,(H2,19,20,21). The molecule has 1 aliphatic heterocycles. The van der Waals surface area contributed by atoms with Crippen LogP contribution < -0.4 is 5.73 Å². The normalized spacial score (nSPS) is 14.2. The number of nitrogens with two attached hydrogens (primary N) is 1. The first kappa shape index (κ1) is 14.4. The zero-order valence-corrected chi connectivity index (χ0v) is 14.1. The van der Waals surface area contributed by atoms with Crippen molar-refractivity contribution in [2.45, 2.75) is 13.0 Å². The number of benzene rings is 1. The third kappa shape index (κ3) is 2.20. The molecule has 0 spiro atoms. The van der Waals surface area contributed by atoms with Crippen LogP contribution in [-0.2, 0) is 13.0 Å². The SMILES string of the molecule is Nc1ncnc2sc3c(c12)CCN(C(=O)c1cc2ccccc2[nH]1)C3. The number of hydrogen-bond acceptors (Lipinski definition) is 5. The highest BCUT2D eigenvalue weighted by atomic mass is 32.1. The molecule has 6 nitrogen and oxygen atoms in total. The Morgan fingerprint density at radius 2 is 2.16 bits per heavy atom. The van der Waals surface area contributed by atoms with E-state index in [9.17, 15) is 4.79 Å². The number of aromatic amines is 1. The van der Waals surface area contributed by atoms with Crippen LogP contribution in [-0.4, -0.2) is 32.3 Å². The van der Waals surface area contributed by atoms with Gasteiger partial charge < -0.3 is 15.6 Å². The van der Waals surface area contributed by atoms with Crippen molar-refractivity contribution in [3.63, 3.8) is 0 Å².